The van der Waals surface area contributed by atoms with Gasteiger partial charge < -0.3 is 25.6 Å². The molecule has 1 fully saturated rings. The lowest BCUT2D eigenvalue weighted by atomic mass is 9.95. The zero-order chi connectivity index (χ0) is 27.6. The summed E-state index contributed by atoms with van der Waals surface area (Å²) in [5.74, 6) is -2.27. The largest absolute Gasteiger partial charge is 0.508 e. The second-order valence-corrected chi connectivity index (χ2v) is 10.2. The summed E-state index contributed by atoms with van der Waals surface area (Å²) in [4.78, 5) is 40.0. The first kappa shape index (κ1) is 31.6. The Balaban J connectivity index is 1.93. The number of amides is 2. The topological polar surface area (TPSA) is 128 Å². The highest BCUT2D eigenvalue weighted by Gasteiger charge is 2.27. The Morgan fingerprint density at radius 2 is 1.61 bits per heavy atom. The highest BCUT2D eigenvalue weighted by molar-refractivity contribution is 5.90. The number of carboxylic acids is 1. The fourth-order valence-electron chi connectivity index (χ4n) is 4.71. The van der Waals surface area contributed by atoms with Gasteiger partial charge in [0.15, 0.2) is 0 Å². The van der Waals surface area contributed by atoms with Gasteiger partial charge in [0, 0.05) is 32.0 Å². The normalized spacial score (nSPS) is 15.5. The van der Waals surface area contributed by atoms with E-state index in [2.05, 4.69) is 22.5 Å². The number of aliphatic carboxylic acids is 1. The van der Waals surface area contributed by atoms with Crippen molar-refractivity contribution in [2.24, 2.45) is 5.92 Å². The van der Waals surface area contributed by atoms with E-state index in [0.29, 0.717) is 13.0 Å². The molecule has 0 bridgehead atoms. The van der Waals surface area contributed by atoms with E-state index < -0.39 is 23.8 Å². The van der Waals surface area contributed by atoms with Crippen LogP contribution >= 0.6 is 0 Å². The standard InChI is InChI=1S/C29H47N3O6/c1-2-3-4-5-6-7-8-10-24(22-27(34)35)28(36)31-26(21-23-11-13-25(33)14-12-23)29(37)30-15-9-16-32-17-19-38-20-18-32/h11-14,24,26,33H,2-10,15-22H2,1H3,(H,30,37)(H,31,36)(H,34,35)/t24-,26+/m0/s1. The monoisotopic (exact) mass is 533 g/mol. The van der Waals surface area contributed by atoms with Crippen LogP contribution in [0.2, 0.25) is 0 Å². The molecule has 38 heavy (non-hydrogen) atoms. The van der Waals surface area contributed by atoms with Crippen molar-refractivity contribution >= 4 is 17.8 Å². The summed E-state index contributed by atoms with van der Waals surface area (Å²) >= 11 is 0. The maximum atomic E-state index is 13.2. The summed E-state index contributed by atoms with van der Waals surface area (Å²) in [5, 5.41) is 24.8. The van der Waals surface area contributed by atoms with Gasteiger partial charge in [-0.1, -0.05) is 64.0 Å². The van der Waals surface area contributed by atoms with E-state index in [1.807, 2.05) is 0 Å². The first-order chi connectivity index (χ1) is 18.4. The van der Waals surface area contributed by atoms with E-state index in [4.69, 9.17) is 4.74 Å². The van der Waals surface area contributed by atoms with E-state index in [9.17, 15) is 24.6 Å². The molecule has 0 aliphatic carbocycles. The van der Waals surface area contributed by atoms with Gasteiger partial charge in [-0.25, -0.2) is 0 Å². The van der Waals surface area contributed by atoms with E-state index >= 15 is 0 Å². The first-order valence-corrected chi connectivity index (χ1v) is 14.3. The van der Waals surface area contributed by atoms with Crippen LogP contribution in [0.1, 0.15) is 76.7 Å². The fourth-order valence-corrected chi connectivity index (χ4v) is 4.71. The molecule has 0 aromatic heterocycles. The van der Waals surface area contributed by atoms with E-state index in [-0.39, 0.29) is 24.5 Å². The molecule has 214 valence electrons. The van der Waals surface area contributed by atoms with Crippen LogP contribution in [0, 0.1) is 5.92 Å². The number of rotatable bonds is 19. The van der Waals surface area contributed by atoms with E-state index in [0.717, 1.165) is 70.5 Å². The molecule has 0 spiro atoms. The summed E-state index contributed by atoms with van der Waals surface area (Å²) in [5.41, 5.74) is 0.790. The Morgan fingerprint density at radius 3 is 2.26 bits per heavy atom. The number of ether oxygens (including phenoxy) is 1. The van der Waals surface area contributed by atoms with E-state index in [1.54, 1.807) is 24.3 Å². The second-order valence-electron chi connectivity index (χ2n) is 10.2. The Morgan fingerprint density at radius 1 is 0.947 bits per heavy atom. The van der Waals surface area contributed by atoms with E-state index in [1.165, 1.54) is 19.3 Å². The van der Waals surface area contributed by atoms with Crippen LogP contribution in [0.3, 0.4) is 0 Å². The number of aromatic hydroxyl groups is 1. The lowest BCUT2D eigenvalue weighted by Gasteiger charge is -2.26. The van der Waals surface area contributed by atoms with Crippen LogP contribution in [0.25, 0.3) is 0 Å². The molecule has 9 nitrogen and oxygen atoms in total. The zero-order valence-electron chi connectivity index (χ0n) is 23.0. The quantitative estimate of drug-likeness (QED) is 0.200. The van der Waals surface area contributed by atoms with Gasteiger partial charge in [0.2, 0.25) is 11.8 Å². The van der Waals surface area contributed by atoms with Crippen LogP contribution in [-0.2, 0) is 25.5 Å². The summed E-state index contributed by atoms with van der Waals surface area (Å²) in [6.45, 7) is 6.74. The molecule has 2 amide bonds. The number of hydrogen-bond acceptors (Lipinski definition) is 6. The summed E-state index contributed by atoms with van der Waals surface area (Å²) in [6, 6.07) is 5.69. The Kier molecular flexibility index (Phi) is 15.4. The molecule has 1 saturated heterocycles. The number of carboxylic acid groups (broad SMARTS) is 1. The van der Waals surface area contributed by atoms with Gasteiger partial charge >= 0.3 is 5.97 Å². The van der Waals surface area contributed by atoms with Crippen molar-refractivity contribution in [2.75, 3.05) is 39.4 Å². The van der Waals surface area contributed by atoms with Crippen LogP contribution in [-0.4, -0.2) is 78.3 Å². The molecule has 1 aliphatic rings. The Bertz CT molecular complexity index is 826. The number of phenols is 1. The molecule has 1 aliphatic heterocycles. The zero-order valence-corrected chi connectivity index (χ0v) is 23.0. The van der Waals surface area contributed by atoms with Gasteiger partial charge in [-0.15, -0.1) is 0 Å². The third kappa shape index (κ3) is 13.2. The number of carbonyl (C=O) groups excluding carboxylic acids is 2. The van der Waals surface area contributed by atoms with Gasteiger partial charge in [-0.3, -0.25) is 19.3 Å². The number of nitrogens with one attached hydrogen (secondary N) is 2. The van der Waals surface area contributed by atoms with Crippen molar-refractivity contribution in [2.45, 2.75) is 83.6 Å². The van der Waals surface area contributed by atoms with Crippen LogP contribution < -0.4 is 10.6 Å². The van der Waals surface area contributed by atoms with Crippen LogP contribution in [0.5, 0.6) is 5.75 Å². The van der Waals surface area contributed by atoms with Crippen molar-refractivity contribution in [1.82, 2.24) is 15.5 Å². The summed E-state index contributed by atoms with van der Waals surface area (Å²) in [7, 11) is 0. The average molecular weight is 534 g/mol. The van der Waals surface area contributed by atoms with Gasteiger partial charge in [0.1, 0.15) is 11.8 Å². The molecule has 1 aromatic rings. The highest BCUT2D eigenvalue weighted by Crippen LogP contribution is 2.18. The van der Waals surface area contributed by atoms with Gasteiger partial charge in [-0.2, -0.15) is 0 Å². The number of benzene rings is 1. The second kappa shape index (κ2) is 18.6. The Labute approximate surface area is 227 Å². The van der Waals surface area contributed by atoms with Gasteiger partial charge in [-0.05, 0) is 37.1 Å². The molecule has 2 atom stereocenters. The lowest BCUT2D eigenvalue weighted by Crippen LogP contribution is -2.50. The molecule has 9 heteroatoms. The molecule has 2 rings (SSSR count). The number of phenolic OH excluding ortho intramolecular Hbond substituents is 1. The third-order valence-corrected chi connectivity index (χ3v) is 7.01. The van der Waals surface area contributed by atoms with Gasteiger partial charge in [0.05, 0.1) is 19.6 Å². The van der Waals surface area contributed by atoms with Crippen molar-refractivity contribution in [3.63, 3.8) is 0 Å². The van der Waals surface area contributed by atoms with Gasteiger partial charge in [0.25, 0.3) is 0 Å². The molecule has 1 heterocycles. The highest BCUT2D eigenvalue weighted by atomic mass is 16.5. The number of nitrogens with zero attached hydrogens (tertiary/aromatic N) is 1. The number of morpholine rings is 1. The molecular weight excluding hydrogens is 486 g/mol. The van der Waals surface area contributed by atoms with Crippen molar-refractivity contribution in [3.05, 3.63) is 29.8 Å². The number of hydrogen-bond donors (Lipinski definition) is 4. The minimum absolute atomic E-state index is 0.123. The third-order valence-electron chi connectivity index (χ3n) is 7.01. The SMILES string of the molecule is CCCCCCCCC[C@@H](CC(=O)O)C(=O)N[C@H](Cc1ccc(O)cc1)C(=O)NCCCN1CCOCC1. The summed E-state index contributed by atoms with van der Waals surface area (Å²) in [6.07, 6.45) is 8.87. The van der Waals surface area contributed by atoms with Crippen molar-refractivity contribution in [1.29, 1.82) is 0 Å². The number of carbonyl (C=O) groups is 3. The minimum Gasteiger partial charge on any atom is -0.508 e. The maximum Gasteiger partial charge on any atom is 0.304 e. The van der Waals surface area contributed by atoms with Crippen molar-refractivity contribution < 1.29 is 29.3 Å². The smallest absolute Gasteiger partial charge is 0.304 e. The Hall–Kier alpha value is -2.65. The molecular formula is C29H47N3O6. The predicted octanol–water partition coefficient (Wildman–Crippen LogP) is 3.49. The predicted molar refractivity (Wildman–Crippen MR) is 147 cm³/mol. The lowest BCUT2D eigenvalue weighted by molar-refractivity contribution is -0.141. The number of unbranched alkanes of at least 4 members (excludes halogenated alkanes) is 6. The van der Waals surface area contributed by atoms with Crippen LogP contribution in [0.4, 0.5) is 0 Å². The molecule has 1 aromatic carbocycles. The summed E-state index contributed by atoms with van der Waals surface area (Å²) < 4.78 is 5.37. The molecule has 4 N–H and O–H groups in total. The average Bonchev–Trinajstić information content (AvgIpc) is 2.91. The molecule has 0 radical (unpaired) electrons. The molecule has 0 saturated carbocycles. The van der Waals surface area contributed by atoms with Crippen LogP contribution in [0.15, 0.2) is 24.3 Å². The first-order valence-electron chi connectivity index (χ1n) is 14.3. The maximum absolute atomic E-state index is 13.2. The minimum atomic E-state index is -1.02. The molecule has 0 unspecified atom stereocenters. The fraction of sp³-hybridized carbons (Fsp3) is 0.690. The van der Waals surface area contributed by atoms with Crippen molar-refractivity contribution in [3.8, 4) is 5.75 Å².